The number of nitrogens with one attached hydrogen (secondary N) is 2. The summed E-state index contributed by atoms with van der Waals surface area (Å²) >= 11 is 1.58. The molecule has 6 nitrogen and oxygen atoms in total. The van der Waals surface area contributed by atoms with Crippen LogP contribution >= 0.6 is 11.3 Å². The van der Waals surface area contributed by atoms with E-state index in [2.05, 4.69) is 20.9 Å². The highest BCUT2D eigenvalue weighted by Crippen LogP contribution is 2.44. The zero-order valence-electron chi connectivity index (χ0n) is 14.1. The normalized spacial score (nSPS) is 21.7. The van der Waals surface area contributed by atoms with Gasteiger partial charge in [0.1, 0.15) is 5.82 Å². The van der Waals surface area contributed by atoms with Crippen molar-refractivity contribution in [3.63, 3.8) is 0 Å². The highest BCUT2D eigenvalue weighted by Gasteiger charge is 2.37. The number of allylic oxidation sites excluding steroid dienone is 1. The Bertz CT molecular complexity index is 1030. The zero-order chi connectivity index (χ0) is 18.4. The third-order valence-electron chi connectivity index (χ3n) is 5.00. The SMILES string of the molecule is O=C1C[C@H](c2ccc(F)cc2)CC2=C1[C@@H](c1cccs1)Nc1nonc1N2. The number of benzene rings is 1. The molecule has 0 amide bonds. The fourth-order valence-corrected chi connectivity index (χ4v) is 4.53. The number of rotatable bonds is 2. The number of aromatic nitrogens is 2. The smallest absolute Gasteiger partial charge is 0.219 e. The van der Waals surface area contributed by atoms with E-state index in [1.807, 2.05) is 17.5 Å². The molecule has 8 heteroatoms. The molecule has 0 radical (unpaired) electrons. The van der Waals surface area contributed by atoms with Crippen molar-refractivity contribution in [3.05, 3.63) is 69.3 Å². The van der Waals surface area contributed by atoms with Gasteiger partial charge in [0.2, 0.25) is 11.6 Å². The van der Waals surface area contributed by atoms with Crippen LogP contribution in [0.1, 0.15) is 35.2 Å². The lowest BCUT2D eigenvalue weighted by Gasteiger charge is -2.29. The van der Waals surface area contributed by atoms with Crippen LogP contribution in [0, 0.1) is 5.82 Å². The van der Waals surface area contributed by atoms with Crippen LogP contribution in [0.15, 0.2) is 57.7 Å². The second kappa shape index (κ2) is 6.31. The molecule has 0 saturated heterocycles. The van der Waals surface area contributed by atoms with Gasteiger partial charge in [-0.15, -0.1) is 11.3 Å². The van der Waals surface area contributed by atoms with Gasteiger partial charge >= 0.3 is 0 Å². The van der Waals surface area contributed by atoms with Gasteiger partial charge in [-0.3, -0.25) is 4.79 Å². The van der Waals surface area contributed by atoms with E-state index in [-0.39, 0.29) is 23.6 Å². The van der Waals surface area contributed by atoms with Gasteiger partial charge in [0.15, 0.2) is 5.78 Å². The summed E-state index contributed by atoms with van der Waals surface area (Å²) in [4.78, 5) is 14.2. The molecule has 1 aliphatic heterocycles. The lowest BCUT2D eigenvalue weighted by molar-refractivity contribution is -0.116. The standard InChI is InChI=1S/C19H15FN4O2S/c20-12-5-3-10(4-6-12)11-8-13-16(14(25)9-11)17(15-2-1-7-27-15)22-19-18(21-13)23-26-24-19/h1-7,11,17H,8-9H2,(H,21,23)(H,22,24)/t11-,17-/m1/s1. The highest BCUT2D eigenvalue weighted by molar-refractivity contribution is 7.10. The summed E-state index contributed by atoms with van der Waals surface area (Å²) in [6.45, 7) is 0. The Balaban J connectivity index is 1.58. The second-order valence-corrected chi connectivity index (χ2v) is 7.63. The van der Waals surface area contributed by atoms with Crippen molar-refractivity contribution in [2.45, 2.75) is 24.8 Å². The van der Waals surface area contributed by atoms with Gasteiger partial charge < -0.3 is 10.6 Å². The van der Waals surface area contributed by atoms with Crippen molar-refractivity contribution in [1.82, 2.24) is 10.3 Å². The minimum Gasteiger partial charge on any atom is -0.352 e. The Morgan fingerprint density at radius 3 is 2.70 bits per heavy atom. The summed E-state index contributed by atoms with van der Waals surface area (Å²) < 4.78 is 18.1. The number of halogens is 1. The van der Waals surface area contributed by atoms with Crippen molar-refractivity contribution < 1.29 is 13.8 Å². The Labute approximate surface area is 158 Å². The molecule has 3 heterocycles. The summed E-state index contributed by atoms with van der Waals surface area (Å²) in [5.74, 6) is 0.706. The van der Waals surface area contributed by atoms with E-state index < -0.39 is 0 Å². The lowest BCUT2D eigenvalue weighted by atomic mass is 9.79. The van der Waals surface area contributed by atoms with Crippen LogP contribution in [0.25, 0.3) is 0 Å². The van der Waals surface area contributed by atoms with Crippen molar-refractivity contribution in [2.24, 2.45) is 0 Å². The molecular formula is C19H15FN4O2S. The molecule has 0 unspecified atom stereocenters. The maximum atomic E-state index is 13.3. The molecule has 0 spiro atoms. The Morgan fingerprint density at radius 2 is 1.93 bits per heavy atom. The van der Waals surface area contributed by atoms with Gasteiger partial charge in [-0.1, -0.05) is 18.2 Å². The van der Waals surface area contributed by atoms with Crippen LogP contribution in [0.3, 0.4) is 0 Å². The first-order chi connectivity index (χ1) is 13.2. The number of fused-ring (bicyclic) bond motifs is 1. The maximum Gasteiger partial charge on any atom is 0.219 e. The van der Waals surface area contributed by atoms with E-state index in [1.165, 1.54) is 12.1 Å². The molecule has 3 aromatic rings. The van der Waals surface area contributed by atoms with Crippen molar-refractivity contribution >= 4 is 28.8 Å². The van der Waals surface area contributed by atoms with E-state index in [1.54, 1.807) is 23.5 Å². The maximum absolute atomic E-state index is 13.3. The van der Waals surface area contributed by atoms with Crippen LogP contribution in [-0.2, 0) is 4.79 Å². The number of carbonyl (C=O) groups excluding carboxylic acids is 1. The number of hydrogen-bond acceptors (Lipinski definition) is 7. The molecule has 0 saturated carbocycles. The third kappa shape index (κ3) is 2.82. The molecule has 1 aromatic carbocycles. The number of anilines is 2. The molecule has 27 heavy (non-hydrogen) atoms. The second-order valence-electron chi connectivity index (χ2n) is 6.65. The Hall–Kier alpha value is -3.00. The number of Topliss-reactive ketones (excluding diaryl/α,β-unsaturated/α-hetero) is 1. The average molecular weight is 382 g/mol. The van der Waals surface area contributed by atoms with Crippen molar-refractivity contribution in [1.29, 1.82) is 0 Å². The van der Waals surface area contributed by atoms with Gasteiger partial charge in [0.05, 0.1) is 6.04 Å². The lowest BCUT2D eigenvalue weighted by Crippen LogP contribution is -2.26. The molecule has 136 valence electrons. The molecule has 0 fully saturated rings. The summed E-state index contributed by atoms with van der Waals surface area (Å²) in [7, 11) is 0. The number of ketones is 1. The fraction of sp³-hybridized carbons (Fsp3) is 0.211. The van der Waals surface area contributed by atoms with E-state index in [0.29, 0.717) is 30.1 Å². The number of hydrogen-bond donors (Lipinski definition) is 2. The van der Waals surface area contributed by atoms with E-state index in [0.717, 1.165) is 16.1 Å². The first-order valence-electron chi connectivity index (χ1n) is 8.60. The highest BCUT2D eigenvalue weighted by atomic mass is 32.1. The van der Waals surface area contributed by atoms with Gasteiger partial charge in [0.25, 0.3) is 0 Å². The van der Waals surface area contributed by atoms with Crippen LogP contribution in [-0.4, -0.2) is 16.1 Å². The van der Waals surface area contributed by atoms with Gasteiger partial charge in [-0.2, -0.15) is 0 Å². The van der Waals surface area contributed by atoms with Crippen LogP contribution in [0.5, 0.6) is 0 Å². The first-order valence-corrected chi connectivity index (χ1v) is 9.48. The predicted octanol–water partition coefficient (Wildman–Crippen LogP) is 4.25. The predicted molar refractivity (Wildman–Crippen MR) is 99.0 cm³/mol. The summed E-state index contributed by atoms with van der Waals surface area (Å²) in [6.07, 6.45) is 1.01. The van der Waals surface area contributed by atoms with E-state index in [4.69, 9.17) is 4.63 Å². The van der Waals surface area contributed by atoms with E-state index in [9.17, 15) is 9.18 Å². The third-order valence-corrected chi connectivity index (χ3v) is 5.94. The summed E-state index contributed by atoms with van der Waals surface area (Å²) in [6, 6.07) is 9.99. The molecule has 2 aromatic heterocycles. The largest absolute Gasteiger partial charge is 0.352 e. The van der Waals surface area contributed by atoms with Crippen LogP contribution in [0.4, 0.5) is 16.0 Å². The molecule has 2 N–H and O–H groups in total. The molecule has 0 bridgehead atoms. The topological polar surface area (TPSA) is 80.1 Å². The number of nitrogens with zero attached hydrogens (tertiary/aromatic N) is 2. The average Bonchev–Trinajstić information content (AvgIpc) is 3.31. The number of thiophene rings is 1. The first kappa shape index (κ1) is 16.2. The molecule has 2 atom stereocenters. The van der Waals surface area contributed by atoms with Crippen molar-refractivity contribution in [3.8, 4) is 0 Å². The molecule has 2 aliphatic rings. The molecule has 5 rings (SSSR count). The molecule has 1 aliphatic carbocycles. The van der Waals surface area contributed by atoms with Crippen LogP contribution < -0.4 is 10.6 Å². The minimum atomic E-state index is -0.303. The number of carbonyl (C=O) groups is 1. The Kier molecular flexibility index (Phi) is 3.78. The van der Waals surface area contributed by atoms with Crippen molar-refractivity contribution in [2.75, 3.05) is 10.6 Å². The summed E-state index contributed by atoms with van der Waals surface area (Å²) in [5.41, 5.74) is 2.46. The van der Waals surface area contributed by atoms with Gasteiger partial charge in [0, 0.05) is 22.6 Å². The Morgan fingerprint density at radius 1 is 1.11 bits per heavy atom. The molecular weight excluding hydrogens is 367 g/mol. The monoisotopic (exact) mass is 382 g/mol. The van der Waals surface area contributed by atoms with E-state index >= 15 is 0 Å². The fourth-order valence-electron chi connectivity index (χ4n) is 3.74. The van der Waals surface area contributed by atoms with Gasteiger partial charge in [-0.05, 0) is 51.8 Å². The summed E-state index contributed by atoms with van der Waals surface area (Å²) in [5, 5.41) is 16.3. The minimum absolute atomic E-state index is 0.0188. The zero-order valence-corrected chi connectivity index (χ0v) is 14.9. The van der Waals surface area contributed by atoms with Gasteiger partial charge in [-0.25, -0.2) is 9.02 Å². The quantitative estimate of drug-likeness (QED) is 0.690. The van der Waals surface area contributed by atoms with Crippen LogP contribution in [0.2, 0.25) is 0 Å².